The molecule has 1 amide bonds. The second-order valence-corrected chi connectivity index (χ2v) is 7.75. The van der Waals surface area contributed by atoms with E-state index in [1.807, 2.05) is 48.9 Å². The van der Waals surface area contributed by atoms with Crippen molar-refractivity contribution in [2.24, 2.45) is 0 Å². The lowest BCUT2D eigenvalue weighted by atomic mass is 9.99. The molecule has 0 N–H and O–H groups in total. The highest BCUT2D eigenvalue weighted by molar-refractivity contribution is 5.98. The van der Waals surface area contributed by atoms with Crippen LogP contribution >= 0.6 is 0 Å². The molecule has 0 atom stereocenters. The molecule has 4 nitrogen and oxygen atoms in total. The van der Waals surface area contributed by atoms with Gasteiger partial charge in [0, 0.05) is 36.6 Å². The molecular formula is C24H23F2N3O. The lowest BCUT2D eigenvalue weighted by molar-refractivity contribution is -0.129. The second-order valence-electron chi connectivity index (χ2n) is 7.75. The lowest BCUT2D eigenvalue weighted by Crippen LogP contribution is -2.36. The number of carbonyl (C=O) groups is 1. The van der Waals surface area contributed by atoms with Gasteiger partial charge in [-0.25, -0.2) is 13.8 Å². The first kappa shape index (κ1) is 20.0. The zero-order valence-corrected chi connectivity index (χ0v) is 17.0. The molecule has 1 aliphatic heterocycles. The van der Waals surface area contributed by atoms with Crippen LogP contribution in [-0.4, -0.2) is 26.9 Å². The van der Waals surface area contributed by atoms with Crippen molar-refractivity contribution >= 4 is 12.0 Å². The van der Waals surface area contributed by atoms with Crippen molar-refractivity contribution in [2.45, 2.75) is 33.2 Å². The van der Waals surface area contributed by atoms with Gasteiger partial charge in [0.2, 0.25) is 5.91 Å². The van der Waals surface area contributed by atoms with Gasteiger partial charge < -0.3 is 9.47 Å². The van der Waals surface area contributed by atoms with Crippen LogP contribution in [0.5, 0.6) is 0 Å². The predicted molar refractivity (Wildman–Crippen MR) is 112 cm³/mol. The van der Waals surface area contributed by atoms with Gasteiger partial charge in [0.05, 0.1) is 12.0 Å². The molecule has 4 rings (SSSR count). The van der Waals surface area contributed by atoms with E-state index in [1.165, 1.54) is 12.1 Å². The molecule has 1 saturated heterocycles. The number of hydrogen-bond acceptors (Lipinski definition) is 2. The lowest BCUT2D eigenvalue weighted by Gasteiger charge is -2.28. The predicted octanol–water partition coefficient (Wildman–Crippen LogP) is 4.97. The SMILES string of the molecule is Cc1cn(-c2ccc(/C=C3\CCCN(Cc4cc(F)cc(F)c4)C3=O)cc2C)cn1. The van der Waals surface area contributed by atoms with Crippen LogP contribution in [-0.2, 0) is 11.3 Å². The van der Waals surface area contributed by atoms with Crippen molar-refractivity contribution in [3.05, 3.63) is 88.5 Å². The van der Waals surface area contributed by atoms with Gasteiger partial charge in [-0.05, 0) is 73.7 Å². The van der Waals surface area contributed by atoms with Crippen LogP contribution in [0.1, 0.15) is 35.2 Å². The molecule has 1 fully saturated rings. The highest BCUT2D eigenvalue weighted by Crippen LogP contribution is 2.24. The number of piperidine rings is 1. The van der Waals surface area contributed by atoms with Gasteiger partial charge in [0.15, 0.2) is 0 Å². The van der Waals surface area contributed by atoms with Crippen LogP contribution in [0, 0.1) is 25.5 Å². The van der Waals surface area contributed by atoms with E-state index in [-0.39, 0.29) is 12.5 Å². The maximum absolute atomic E-state index is 13.5. The standard InChI is InChI=1S/C24H23F2N3O/c1-16-8-18(5-6-23(16)29-13-17(2)27-15-29)9-20-4-3-7-28(24(20)30)14-19-10-21(25)12-22(26)11-19/h5-6,8-13,15H,3-4,7,14H2,1-2H3/b20-9+. The summed E-state index contributed by atoms with van der Waals surface area (Å²) in [4.78, 5) is 18.9. The third-order valence-electron chi connectivity index (χ3n) is 5.28. The van der Waals surface area contributed by atoms with Crippen molar-refractivity contribution in [3.8, 4) is 5.69 Å². The van der Waals surface area contributed by atoms with E-state index in [9.17, 15) is 13.6 Å². The Morgan fingerprint density at radius 2 is 1.87 bits per heavy atom. The Labute approximate surface area is 174 Å². The highest BCUT2D eigenvalue weighted by Gasteiger charge is 2.23. The molecule has 0 bridgehead atoms. The minimum absolute atomic E-state index is 0.0853. The summed E-state index contributed by atoms with van der Waals surface area (Å²) < 4.78 is 28.9. The van der Waals surface area contributed by atoms with E-state index in [4.69, 9.17) is 0 Å². The first-order valence-electron chi connectivity index (χ1n) is 9.95. The molecule has 154 valence electrons. The number of amides is 1. The van der Waals surface area contributed by atoms with Gasteiger partial charge in [-0.2, -0.15) is 0 Å². The molecule has 0 saturated carbocycles. The molecule has 1 aromatic heterocycles. The highest BCUT2D eigenvalue weighted by atomic mass is 19.1. The van der Waals surface area contributed by atoms with Crippen molar-refractivity contribution in [1.29, 1.82) is 0 Å². The van der Waals surface area contributed by atoms with Crippen LogP contribution in [0.25, 0.3) is 11.8 Å². The summed E-state index contributed by atoms with van der Waals surface area (Å²) in [7, 11) is 0. The van der Waals surface area contributed by atoms with Crippen LogP contribution in [0.2, 0.25) is 0 Å². The van der Waals surface area contributed by atoms with Gasteiger partial charge in [-0.3, -0.25) is 4.79 Å². The largest absolute Gasteiger partial charge is 0.335 e. The minimum Gasteiger partial charge on any atom is -0.335 e. The van der Waals surface area contributed by atoms with Crippen molar-refractivity contribution in [2.75, 3.05) is 6.54 Å². The zero-order valence-electron chi connectivity index (χ0n) is 17.0. The monoisotopic (exact) mass is 407 g/mol. The Morgan fingerprint density at radius 3 is 2.53 bits per heavy atom. The van der Waals surface area contributed by atoms with Crippen LogP contribution in [0.4, 0.5) is 8.78 Å². The average molecular weight is 407 g/mol. The Morgan fingerprint density at radius 1 is 1.10 bits per heavy atom. The molecule has 3 aromatic rings. The Hall–Kier alpha value is -3.28. The number of aryl methyl sites for hydroxylation is 2. The number of aromatic nitrogens is 2. The molecule has 2 aromatic carbocycles. The Bertz CT molecular complexity index is 1110. The number of nitrogens with zero attached hydrogens (tertiary/aromatic N) is 3. The van der Waals surface area contributed by atoms with Crippen LogP contribution in [0.3, 0.4) is 0 Å². The third-order valence-corrected chi connectivity index (χ3v) is 5.28. The average Bonchev–Trinajstić information content (AvgIpc) is 3.10. The number of likely N-dealkylation sites (tertiary alicyclic amines) is 1. The molecule has 0 spiro atoms. The van der Waals surface area contributed by atoms with Crippen molar-refractivity contribution in [3.63, 3.8) is 0 Å². The molecule has 2 heterocycles. The third kappa shape index (κ3) is 4.32. The van der Waals surface area contributed by atoms with E-state index in [0.717, 1.165) is 35.0 Å². The van der Waals surface area contributed by atoms with E-state index in [0.29, 0.717) is 24.1 Å². The number of halogens is 2. The molecule has 1 aliphatic rings. The number of benzene rings is 2. The van der Waals surface area contributed by atoms with E-state index in [2.05, 4.69) is 4.98 Å². The fourth-order valence-electron chi connectivity index (χ4n) is 3.89. The summed E-state index contributed by atoms with van der Waals surface area (Å²) >= 11 is 0. The van der Waals surface area contributed by atoms with Crippen LogP contribution in [0.15, 0.2) is 54.5 Å². The van der Waals surface area contributed by atoms with E-state index < -0.39 is 11.6 Å². The summed E-state index contributed by atoms with van der Waals surface area (Å²) in [6, 6.07) is 9.43. The van der Waals surface area contributed by atoms with E-state index in [1.54, 1.807) is 11.2 Å². The summed E-state index contributed by atoms with van der Waals surface area (Å²) in [5, 5.41) is 0. The second kappa shape index (κ2) is 8.22. The Kier molecular flexibility index (Phi) is 5.48. The Balaban J connectivity index is 1.54. The summed E-state index contributed by atoms with van der Waals surface area (Å²) in [6.45, 7) is 4.75. The zero-order chi connectivity index (χ0) is 21.3. The fourth-order valence-corrected chi connectivity index (χ4v) is 3.89. The van der Waals surface area contributed by atoms with Crippen molar-refractivity contribution in [1.82, 2.24) is 14.5 Å². The van der Waals surface area contributed by atoms with Gasteiger partial charge in [0.25, 0.3) is 0 Å². The molecule has 0 radical (unpaired) electrons. The van der Waals surface area contributed by atoms with Gasteiger partial charge >= 0.3 is 0 Å². The minimum atomic E-state index is -0.631. The maximum atomic E-state index is 13.5. The smallest absolute Gasteiger partial charge is 0.250 e. The topological polar surface area (TPSA) is 38.1 Å². The summed E-state index contributed by atoms with van der Waals surface area (Å²) in [6.07, 6.45) is 7.18. The molecule has 0 aliphatic carbocycles. The number of rotatable bonds is 4. The van der Waals surface area contributed by atoms with Gasteiger partial charge in [-0.15, -0.1) is 0 Å². The summed E-state index contributed by atoms with van der Waals surface area (Å²) in [5.41, 5.74) is 5.20. The van der Waals surface area contributed by atoms with Gasteiger partial charge in [-0.1, -0.05) is 6.07 Å². The molecule has 6 heteroatoms. The number of carbonyl (C=O) groups excluding carboxylic acids is 1. The molecule has 0 unspecified atom stereocenters. The molecule has 30 heavy (non-hydrogen) atoms. The van der Waals surface area contributed by atoms with Crippen molar-refractivity contribution < 1.29 is 13.6 Å². The van der Waals surface area contributed by atoms with E-state index >= 15 is 0 Å². The first-order chi connectivity index (χ1) is 14.4. The fraction of sp³-hybridized carbons (Fsp3) is 0.250. The molecular weight excluding hydrogens is 384 g/mol. The first-order valence-corrected chi connectivity index (χ1v) is 9.95. The van der Waals surface area contributed by atoms with Crippen LogP contribution < -0.4 is 0 Å². The normalized spacial score (nSPS) is 15.8. The van der Waals surface area contributed by atoms with Gasteiger partial charge in [0.1, 0.15) is 11.6 Å². The number of hydrogen-bond donors (Lipinski definition) is 0. The quantitative estimate of drug-likeness (QED) is 0.573. The maximum Gasteiger partial charge on any atom is 0.250 e. The summed E-state index contributed by atoms with van der Waals surface area (Å²) in [5.74, 6) is -1.35. The number of imidazole rings is 1.